The molecule has 0 aliphatic carbocycles. The maximum Gasteiger partial charge on any atom is 0.220 e. The molecule has 0 aromatic heterocycles. The van der Waals surface area contributed by atoms with E-state index in [4.69, 9.17) is 0 Å². The Hall–Kier alpha value is -0.530. The van der Waals surface area contributed by atoms with E-state index in [1.807, 2.05) is 0 Å². The van der Waals surface area contributed by atoms with Gasteiger partial charge in [0.25, 0.3) is 0 Å². The van der Waals surface area contributed by atoms with Crippen LogP contribution in [0.25, 0.3) is 0 Å². The molecule has 2 heteroatoms. The second kappa shape index (κ2) is 4.64. The summed E-state index contributed by atoms with van der Waals surface area (Å²) in [5.74, 6) is 0.239. The highest BCUT2D eigenvalue weighted by Crippen LogP contribution is 2.36. The van der Waals surface area contributed by atoms with Gasteiger partial charge in [0, 0.05) is 13.0 Å². The van der Waals surface area contributed by atoms with E-state index in [-0.39, 0.29) is 5.91 Å². The topological polar surface area (TPSA) is 29.1 Å². The Balaban J connectivity index is 2.51. The third-order valence-corrected chi connectivity index (χ3v) is 3.10. The number of hydrogen-bond acceptors (Lipinski definition) is 1. The largest absolute Gasteiger partial charge is 0.356 e. The minimum absolute atomic E-state index is 0.239. The van der Waals surface area contributed by atoms with Crippen molar-refractivity contribution in [2.24, 2.45) is 5.41 Å². The molecule has 0 aromatic carbocycles. The number of amides is 1. The SMILES string of the molecule is CCCC1(CCC)CCC(=O)NC1. The number of hydrogen-bond donors (Lipinski definition) is 1. The molecule has 0 bridgehead atoms. The smallest absolute Gasteiger partial charge is 0.220 e. The Bertz CT molecular complexity index is 159. The van der Waals surface area contributed by atoms with Gasteiger partial charge in [-0.05, 0) is 24.7 Å². The van der Waals surface area contributed by atoms with Crippen molar-refractivity contribution in [1.29, 1.82) is 0 Å². The molecule has 0 unspecified atom stereocenters. The maximum absolute atomic E-state index is 11.0. The van der Waals surface area contributed by atoms with Crippen LogP contribution in [0.1, 0.15) is 52.4 Å². The van der Waals surface area contributed by atoms with Crippen LogP contribution in [0.3, 0.4) is 0 Å². The number of piperidine rings is 1. The van der Waals surface area contributed by atoms with E-state index in [2.05, 4.69) is 19.2 Å². The van der Waals surface area contributed by atoms with Crippen molar-refractivity contribution in [2.75, 3.05) is 6.54 Å². The van der Waals surface area contributed by atoms with Gasteiger partial charge in [0.1, 0.15) is 0 Å². The highest BCUT2D eigenvalue weighted by molar-refractivity contribution is 5.76. The van der Waals surface area contributed by atoms with Gasteiger partial charge in [-0.15, -0.1) is 0 Å². The minimum Gasteiger partial charge on any atom is -0.356 e. The maximum atomic E-state index is 11.0. The normalized spacial score (nSPS) is 21.2. The van der Waals surface area contributed by atoms with Crippen molar-refractivity contribution < 1.29 is 4.79 Å². The summed E-state index contributed by atoms with van der Waals surface area (Å²) in [7, 11) is 0. The van der Waals surface area contributed by atoms with Crippen molar-refractivity contribution in [1.82, 2.24) is 5.32 Å². The Morgan fingerprint density at radius 3 is 2.31 bits per heavy atom. The first-order chi connectivity index (χ1) is 6.22. The summed E-state index contributed by atoms with van der Waals surface area (Å²) in [6, 6.07) is 0. The van der Waals surface area contributed by atoms with Gasteiger partial charge in [-0.2, -0.15) is 0 Å². The van der Waals surface area contributed by atoms with Crippen molar-refractivity contribution in [3.8, 4) is 0 Å². The molecule has 0 spiro atoms. The number of carbonyl (C=O) groups excluding carboxylic acids is 1. The fourth-order valence-electron chi connectivity index (χ4n) is 2.45. The van der Waals surface area contributed by atoms with Gasteiger partial charge < -0.3 is 5.32 Å². The van der Waals surface area contributed by atoms with Crippen LogP contribution >= 0.6 is 0 Å². The first-order valence-corrected chi connectivity index (χ1v) is 5.49. The fraction of sp³-hybridized carbons (Fsp3) is 0.909. The number of carbonyl (C=O) groups is 1. The summed E-state index contributed by atoms with van der Waals surface area (Å²) in [4.78, 5) is 11.0. The molecule has 1 heterocycles. The summed E-state index contributed by atoms with van der Waals surface area (Å²) in [5.41, 5.74) is 0.428. The monoisotopic (exact) mass is 183 g/mol. The van der Waals surface area contributed by atoms with Gasteiger partial charge in [-0.3, -0.25) is 4.79 Å². The summed E-state index contributed by atoms with van der Waals surface area (Å²) < 4.78 is 0. The first kappa shape index (κ1) is 10.6. The van der Waals surface area contributed by atoms with Crippen molar-refractivity contribution in [2.45, 2.75) is 52.4 Å². The van der Waals surface area contributed by atoms with E-state index in [0.29, 0.717) is 5.41 Å². The lowest BCUT2D eigenvalue weighted by molar-refractivity contribution is -0.124. The quantitative estimate of drug-likeness (QED) is 0.712. The second-order valence-corrected chi connectivity index (χ2v) is 4.28. The van der Waals surface area contributed by atoms with Crippen LogP contribution in [0.4, 0.5) is 0 Å². The van der Waals surface area contributed by atoms with Gasteiger partial charge in [0.2, 0.25) is 5.91 Å². The van der Waals surface area contributed by atoms with E-state index >= 15 is 0 Å². The highest BCUT2D eigenvalue weighted by atomic mass is 16.1. The molecule has 2 nitrogen and oxygen atoms in total. The van der Waals surface area contributed by atoms with Crippen molar-refractivity contribution >= 4 is 5.91 Å². The predicted molar refractivity (Wildman–Crippen MR) is 54.5 cm³/mol. The molecule has 1 saturated heterocycles. The van der Waals surface area contributed by atoms with Gasteiger partial charge in [-0.1, -0.05) is 26.7 Å². The molecule has 13 heavy (non-hydrogen) atoms. The van der Waals surface area contributed by atoms with Gasteiger partial charge in [-0.25, -0.2) is 0 Å². The van der Waals surface area contributed by atoms with E-state index in [1.165, 1.54) is 25.7 Å². The van der Waals surface area contributed by atoms with Crippen LogP contribution in [0.5, 0.6) is 0 Å². The molecule has 1 N–H and O–H groups in total. The van der Waals surface area contributed by atoms with Crippen molar-refractivity contribution in [3.63, 3.8) is 0 Å². The molecular weight excluding hydrogens is 162 g/mol. The molecule has 76 valence electrons. The van der Waals surface area contributed by atoms with E-state index < -0.39 is 0 Å². The fourth-order valence-corrected chi connectivity index (χ4v) is 2.45. The van der Waals surface area contributed by atoms with Crippen LogP contribution in [0.15, 0.2) is 0 Å². The molecule has 1 aliphatic heterocycles. The van der Waals surface area contributed by atoms with Gasteiger partial charge >= 0.3 is 0 Å². The molecule has 0 aromatic rings. The molecule has 0 radical (unpaired) electrons. The average Bonchev–Trinajstić information content (AvgIpc) is 2.11. The van der Waals surface area contributed by atoms with Crippen LogP contribution < -0.4 is 5.32 Å². The highest BCUT2D eigenvalue weighted by Gasteiger charge is 2.32. The Morgan fingerprint density at radius 1 is 1.31 bits per heavy atom. The van der Waals surface area contributed by atoms with Crippen LogP contribution in [0.2, 0.25) is 0 Å². The third kappa shape index (κ3) is 2.71. The number of rotatable bonds is 4. The van der Waals surface area contributed by atoms with Gasteiger partial charge in [0.05, 0.1) is 0 Å². The zero-order chi connectivity index (χ0) is 9.73. The Morgan fingerprint density at radius 2 is 1.92 bits per heavy atom. The molecule has 0 saturated carbocycles. The zero-order valence-corrected chi connectivity index (χ0v) is 8.86. The molecule has 0 atom stereocenters. The summed E-state index contributed by atoms with van der Waals surface area (Å²) in [6.07, 6.45) is 6.83. The van der Waals surface area contributed by atoms with Crippen LogP contribution in [-0.2, 0) is 4.79 Å². The molecule has 1 fully saturated rings. The van der Waals surface area contributed by atoms with Gasteiger partial charge in [0.15, 0.2) is 0 Å². The number of nitrogens with one attached hydrogen (secondary N) is 1. The third-order valence-electron chi connectivity index (χ3n) is 3.10. The molecule has 1 amide bonds. The van der Waals surface area contributed by atoms with E-state index in [1.54, 1.807) is 0 Å². The standard InChI is InChI=1S/C11H21NO/c1-3-6-11(7-4-2)8-5-10(13)12-9-11/h3-9H2,1-2H3,(H,12,13). The molecule has 1 aliphatic rings. The van der Waals surface area contributed by atoms with E-state index in [0.717, 1.165) is 19.4 Å². The minimum atomic E-state index is 0.239. The lowest BCUT2D eigenvalue weighted by Gasteiger charge is -2.37. The lowest BCUT2D eigenvalue weighted by Crippen LogP contribution is -2.43. The molecular formula is C11H21NO. The van der Waals surface area contributed by atoms with Crippen LogP contribution in [0, 0.1) is 5.41 Å². The zero-order valence-electron chi connectivity index (χ0n) is 8.86. The lowest BCUT2D eigenvalue weighted by atomic mass is 9.74. The average molecular weight is 183 g/mol. The summed E-state index contributed by atoms with van der Waals surface area (Å²) >= 11 is 0. The van der Waals surface area contributed by atoms with Crippen molar-refractivity contribution in [3.05, 3.63) is 0 Å². The molecule has 1 rings (SSSR count). The first-order valence-electron chi connectivity index (χ1n) is 5.49. The van der Waals surface area contributed by atoms with E-state index in [9.17, 15) is 4.79 Å². The summed E-state index contributed by atoms with van der Waals surface area (Å²) in [6.45, 7) is 5.37. The predicted octanol–water partition coefficient (Wildman–Crippen LogP) is 2.48. The van der Waals surface area contributed by atoms with Crippen LogP contribution in [-0.4, -0.2) is 12.5 Å². The second-order valence-electron chi connectivity index (χ2n) is 4.28. The summed E-state index contributed by atoms with van der Waals surface area (Å²) in [5, 5.41) is 3.00. The Kier molecular flexibility index (Phi) is 3.76. The Labute approximate surface area is 81.1 Å².